The van der Waals surface area contributed by atoms with E-state index >= 15 is 0 Å². The van der Waals surface area contributed by atoms with Gasteiger partial charge in [-0.05, 0) is 6.92 Å². The fraction of sp³-hybridized carbons (Fsp3) is 0.455. The molecular weight excluding hydrogens is 220 g/mol. The van der Waals surface area contributed by atoms with E-state index in [0.717, 1.165) is 0 Å². The highest BCUT2D eigenvalue weighted by Gasteiger charge is 2.18. The number of anilines is 1. The van der Waals surface area contributed by atoms with E-state index in [9.17, 15) is 4.79 Å². The molecule has 17 heavy (non-hydrogen) atoms. The number of aromatic nitrogens is 2. The van der Waals surface area contributed by atoms with Crippen molar-refractivity contribution >= 4 is 11.8 Å². The second kappa shape index (κ2) is 5.80. The molecule has 0 saturated heterocycles. The molecule has 1 atom stereocenters. The molecule has 1 rings (SSSR count). The fourth-order valence-electron chi connectivity index (χ4n) is 1.41. The lowest BCUT2D eigenvalue weighted by Crippen LogP contribution is -2.33. The quantitative estimate of drug-likeness (QED) is 0.813. The minimum atomic E-state index is -0.870. The molecule has 1 aromatic heterocycles. The standard InChI is InChI=1S/C11H14N4O2/c1-3-15(7-8(2)11(16)17)10-9(6-12)13-4-5-14-10/h4-5,8H,3,7H2,1-2H3,(H,16,17). The molecule has 0 radical (unpaired) electrons. The normalized spacial score (nSPS) is 11.6. The first kappa shape index (κ1) is 12.9. The van der Waals surface area contributed by atoms with Crippen LogP contribution in [0.15, 0.2) is 12.4 Å². The lowest BCUT2D eigenvalue weighted by molar-refractivity contribution is -0.140. The zero-order valence-corrected chi connectivity index (χ0v) is 9.79. The molecule has 1 unspecified atom stereocenters. The van der Waals surface area contributed by atoms with E-state index in [4.69, 9.17) is 10.4 Å². The van der Waals surface area contributed by atoms with Crippen molar-refractivity contribution in [3.8, 4) is 6.07 Å². The van der Waals surface area contributed by atoms with Crippen molar-refractivity contribution in [1.29, 1.82) is 5.26 Å². The van der Waals surface area contributed by atoms with Gasteiger partial charge in [-0.15, -0.1) is 0 Å². The molecule has 0 aliphatic rings. The molecular formula is C11H14N4O2. The Bertz CT molecular complexity index is 441. The van der Waals surface area contributed by atoms with Crippen LogP contribution in [-0.4, -0.2) is 34.1 Å². The maximum absolute atomic E-state index is 10.8. The minimum Gasteiger partial charge on any atom is -0.481 e. The predicted molar refractivity (Wildman–Crippen MR) is 61.4 cm³/mol. The smallest absolute Gasteiger partial charge is 0.308 e. The second-order valence-corrected chi connectivity index (χ2v) is 3.62. The van der Waals surface area contributed by atoms with Gasteiger partial charge in [-0.25, -0.2) is 9.97 Å². The van der Waals surface area contributed by atoms with E-state index in [1.165, 1.54) is 12.4 Å². The Morgan fingerprint density at radius 1 is 1.59 bits per heavy atom. The van der Waals surface area contributed by atoms with Gasteiger partial charge in [0.25, 0.3) is 0 Å². The van der Waals surface area contributed by atoms with E-state index in [-0.39, 0.29) is 5.69 Å². The van der Waals surface area contributed by atoms with Crippen molar-refractivity contribution in [3.63, 3.8) is 0 Å². The van der Waals surface area contributed by atoms with E-state index in [0.29, 0.717) is 18.9 Å². The molecule has 6 heteroatoms. The Kier molecular flexibility index (Phi) is 4.40. The maximum Gasteiger partial charge on any atom is 0.308 e. The molecule has 6 nitrogen and oxygen atoms in total. The number of nitrogens with zero attached hydrogens (tertiary/aromatic N) is 4. The van der Waals surface area contributed by atoms with Crippen molar-refractivity contribution < 1.29 is 9.90 Å². The average Bonchev–Trinajstić information content (AvgIpc) is 2.35. The monoisotopic (exact) mass is 234 g/mol. The molecule has 1 heterocycles. The number of aliphatic carboxylic acids is 1. The highest BCUT2D eigenvalue weighted by molar-refractivity contribution is 5.70. The molecule has 0 fully saturated rings. The molecule has 0 bridgehead atoms. The van der Waals surface area contributed by atoms with Gasteiger partial charge < -0.3 is 10.0 Å². The van der Waals surface area contributed by atoms with Crippen LogP contribution in [0.1, 0.15) is 19.5 Å². The van der Waals surface area contributed by atoms with Crippen LogP contribution < -0.4 is 4.90 Å². The van der Waals surface area contributed by atoms with Crippen LogP contribution in [-0.2, 0) is 4.79 Å². The van der Waals surface area contributed by atoms with Gasteiger partial charge in [0.05, 0.1) is 5.92 Å². The summed E-state index contributed by atoms with van der Waals surface area (Å²) in [6.07, 6.45) is 2.93. The lowest BCUT2D eigenvalue weighted by atomic mass is 10.1. The van der Waals surface area contributed by atoms with Gasteiger partial charge in [-0.3, -0.25) is 4.79 Å². The van der Waals surface area contributed by atoms with Crippen molar-refractivity contribution in [2.24, 2.45) is 5.92 Å². The van der Waals surface area contributed by atoms with Crippen LogP contribution in [0.3, 0.4) is 0 Å². The molecule has 0 aromatic carbocycles. The Hall–Kier alpha value is -2.16. The van der Waals surface area contributed by atoms with Crippen molar-refractivity contribution in [2.45, 2.75) is 13.8 Å². The first-order valence-corrected chi connectivity index (χ1v) is 5.29. The first-order valence-electron chi connectivity index (χ1n) is 5.29. The van der Waals surface area contributed by atoms with Crippen molar-refractivity contribution in [2.75, 3.05) is 18.0 Å². The van der Waals surface area contributed by atoms with Gasteiger partial charge in [0.1, 0.15) is 6.07 Å². The largest absolute Gasteiger partial charge is 0.481 e. The summed E-state index contributed by atoms with van der Waals surface area (Å²) in [5, 5.41) is 17.8. The number of carboxylic acid groups (broad SMARTS) is 1. The molecule has 90 valence electrons. The molecule has 1 N–H and O–H groups in total. The predicted octanol–water partition coefficient (Wildman–Crippen LogP) is 0.895. The second-order valence-electron chi connectivity index (χ2n) is 3.62. The van der Waals surface area contributed by atoms with Crippen LogP contribution in [0.5, 0.6) is 0 Å². The van der Waals surface area contributed by atoms with E-state index in [2.05, 4.69) is 9.97 Å². The third-order valence-corrected chi connectivity index (χ3v) is 2.38. The SMILES string of the molecule is CCN(CC(C)C(=O)O)c1nccnc1C#N. The number of hydrogen-bond donors (Lipinski definition) is 1. The van der Waals surface area contributed by atoms with Gasteiger partial charge in [0, 0.05) is 25.5 Å². The molecule has 0 amide bonds. The highest BCUT2D eigenvalue weighted by Crippen LogP contribution is 2.15. The van der Waals surface area contributed by atoms with Crippen LogP contribution in [0.25, 0.3) is 0 Å². The third-order valence-electron chi connectivity index (χ3n) is 2.38. The van der Waals surface area contributed by atoms with Crippen LogP contribution in [0.4, 0.5) is 5.82 Å². The summed E-state index contributed by atoms with van der Waals surface area (Å²) in [5.74, 6) is -0.958. The van der Waals surface area contributed by atoms with E-state index in [1.807, 2.05) is 13.0 Å². The summed E-state index contributed by atoms with van der Waals surface area (Å²) in [5.41, 5.74) is 0.215. The van der Waals surface area contributed by atoms with E-state index < -0.39 is 11.9 Å². The Labute approximate surface area is 99.5 Å². The molecule has 0 saturated carbocycles. The Morgan fingerprint density at radius 2 is 2.24 bits per heavy atom. The topological polar surface area (TPSA) is 90.1 Å². The maximum atomic E-state index is 10.8. The summed E-state index contributed by atoms with van der Waals surface area (Å²) in [6, 6.07) is 1.95. The van der Waals surface area contributed by atoms with Crippen molar-refractivity contribution in [3.05, 3.63) is 18.1 Å². The Morgan fingerprint density at radius 3 is 2.76 bits per heavy atom. The summed E-state index contributed by atoms with van der Waals surface area (Å²) in [6.45, 7) is 4.38. The zero-order valence-electron chi connectivity index (χ0n) is 9.79. The summed E-state index contributed by atoms with van der Waals surface area (Å²) in [7, 11) is 0. The van der Waals surface area contributed by atoms with Gasteiger partial charge in [-0.2, -0.15) is 5.26 Å². The molecule has 1 aromatic rings. The number of nitriles is 1. The summed E-state index contributed by atoms with van der Waals surface area (Å²) in [4.78, 5) is 20.5. The number of hydrogen-bond acceptors (Lipinski definition) is 5. The van der Waals surface area contributed by atoms with Crippen LogP contribution >= 0.6 is 0 Å². The van der Waals surface area contributed by atoms with Gasteiger partial charge in [0.2, 0.25) is 0 Å². The highest BCUT2D eigenvalue weighted by atomic mass is 16.4. The molecule has 0 aliphatic carbocycles. The average molecular weight is 234 g/mol. The molecule has 0 aliphatic heterocycles. The summed E-state index contributed by atoms with van der Waals surface area (Å²) >= 11 is 0. The number of carboxylic acids is 1. The van der Waals surface area contributed by atoms with Gasteiger partial charge >= 0.3 is 5.97 Å². The first-order chi connectivity index (χ1) is 8.10. The fourth-order valence-corrected chi connectivity index (χ4v) is 1.41. The van der Waals surface area contributed by atoms with Crippen LogP contribution in [0.2, 0.25) is 0 Å². The lowest BCUT2D eigenvalue weighted by Gasteiger charge is -2.23. The van der Waals surface area contributed by atoms with Crippen molar-refractivity contribution in [1.82, 2.24) is 9.97 Å². The molecule has 0 spiro atoms. The number of carbonyl (C=O) groups is 1. The third kappa shape index (κ3) is 3.14. The minimum absolute atomic E-state index is 0.215. The van der Waals surface area contributed by atoms with Gasteiger partial charge in [0.15, 0.2) is 11.5 Å². The Balaban J connectivity index is 2.94. The zero-order chi connectivity index (χ0) is 12.8. The van der Waals surface area contributed by atoms with Crippen LogP contribution in [0, 0.1) is 17.2 Å². The summed E-state index contributed by atoms with van der Waals surface area (Å²) < 4.78 is 0. The van der Waals surface area contributed by atoms with Gasteiger partial charge in [-0.1, -0.05) is 6.92 Å². The number of rotatable bonds is 5. The van der Waals surface area contributed by atoms with E-state index in [1.54, 1.807) is 11.8 Å².